The highest BCUT2D eigenvalue weighted by Gasteiger charge is 2.41. The molecule has 10 heteroatoms. The van der Waals surface area contributed by atoms with Gasteiger partial charge in [-0.1, -0.05) is 115 Å². The molecular formula is C34H50N4O5S. The zero-order valence-electron chi connectivity index (χ0n) is 27.8. The van der Waals surface area contributed by atoms with E-state index in [-0.39, 0.29) is 23.5 Å². The van der Waals surface area contributed by atoms with E-state index in [1.807, 2.05) is 78.8 Å². The van der Waals surface area contributed by atoms with Gasteiger partial charge in [0.2, 0.25) is 27.7 Å². The topological polar surface area (TPSA) is 125 Å². The van der Waals surface area contributed by atoms with Gasteiger partial charge in [-0.3, -0.25) is 19.1 Å². The van der Waals surface area contributed by atoms with Crippen molar-refractivity contribution in [1.82, 2.24) is 20.3 Å². The second-order valence-electron chi connectivity index (χ2n) is 13.3. The third-order valence-electron chi connectivity index (χ3n) is 7.79. The molecule has 0 saturated carbocycles. The van der Waals surface area contributed by atoms with Gasteiger partial charge < -0.3 is 15.5 Å². The quantitative estimate of drug-likeness (QED) is 0.304. The molecule has 0 aliphatic heterocycles. The number of amides is 3. The maximum atomic E-state index is 14.0. The molecule has 0 bridgehead atoms. The fourth-order valence-electron chi connectivity index (χ4n) is 5.15. The van der Waals surface area contributed by atoms with Crippen molar-refractivity contribution < 1.29 is 22.8 Å². The molecule has 3 amide bonds. The van der Waals surface area contributed by atoms with E-state index in [0.717, 1.165) is 5.56 Å². The van der Waals surface area contributed by atoms with Crippen LogP contribution in [-0.2, 0) is 35.6 Å². The van der Waals surface area contributed by atoms with Crippen molar-refractivity contribution in [2.24, 2.45) is 17.3 Å². The van der Waals surface area contributed by atoms with Crippen molar-refractivity contribution in [2.75, 3.05) is 14.1 Å². The van der Waals surface area contributed by atoms with Crippen LogP contribution in [0.1, 0.15) is 66.5 Å². The molecule has 0 radical (unpaired) electrons. The third-order valence-corrected chi connectivity index (χ3v) is 9.01. The van der Waals surface area contributed by atoms with Gasteiger partial charge in [-0.2, -0.15) is 0 Å². The lowest BCUT2D eigenvalue weighted by Gasteiger charge is -2.39. The van der Waals surface area contributed by atoms with E-state index >= 15 is 0 Å². The van der Waals surface area contributed by atoms with Crippen LogP contribution in [0.2, 0.25) is 0 Å². The highest BCUT2D eigenvalue weighted by Crippen LogP contribution is 2.29. The Morgan fingerprint density at radius 1 is 0.841 bits per heavy atom. The lowest BCUT2D eigenvalue weighted by Crippen LogP contribution is -2.60. The Balaban J connectivity index is 2.29. The molecule has 0 heterocycles. The normalized spacial score (nSPS) is 14.8. The molecule has 44 heavy (non-hydrogen) atoms. The zero-order chi connectivity index (χ0) is 33.5. The van der Waals surface area contributed by atoms with Crippen molar-refractivity contribution in [1.29, 1.82) is 0 Å². The second-order valence-corrected chi connectivity index (χ2v) is 15.0. The maximum Gasteiger partial charge on any atom is 0.249 e. The Kier molecular flexibility index (Phi) is 12.5. The van der Waals surface area contributed by atoms with Gasteiger partial charge in [0.05, 0.1) is 17.7 Å². The van der Waals surface area contributed by atoms with Gasteiger partial charge in [-0.05, 0) is 36.4 Å². The monoisotopic (exact) mass is 626 g/mol. The first kappa shape index (κ1) is 36.7. The summed E-state index contributed by atoms with van der Waals surface area (Å²) < 4.78 is 27.5. The average Bonchev–Trinajstić information content (AvgIpc) is 2.93. The van der Waals surface area contributed by atoms with Crippen LogP contribution in [-0.4, -0.2) is 57.2 Å². The van der Waals surface area contributed by atoms with Crippen LogP contribution in [0.5, 0.6) is 0 Å². The van der Waals surface area contributed by atoms with Crippen LogP contribution < -0.4 is 15.4 Å². The number of allylic oxidation sites excluding steroid dienone is 1. The summed E-state index contributed by atoms with van der Waals surface area (Å²) in [7, 11) is -0.590. The summed E-state index contributed by atoms with van der Waals surface area (Å²) in [5.74, 6) is -2.71. The Morgan fingerprint density at radius 2 is 1.36 bits per heavy atom. The number of benzene rings is 2. The van der Waals surface area contributed by atoms with Gasteiger partial charge in [-0.25, -0.2) is 8.42 Å². The number of rotatable bonds is 13. The van der Waals surface area contributed by atoms with Crippen LogP contribution in [0, 0.1) is 17.3 Å². The summed E-state index contributed by atoms with van der Waals surface area (Å²) in [4.78, 5) is 42.2. The lowest BCUT2D eigenvalue weighted by atomic mass is 9.76. The molecule has 2 aromatic rings. The second kappa shape index (κ2) is 15.0. The Bertz CT molecular complexity index is 1410. The van der Waals surface area contributed by atoms with E-state index in [1.165, 1.54) is 4.90 Å². The molecular weight excluding hydrogens is 576 g/mol. The Morgan fingerprint density at radius 3 is 1.84 bits per heavy atom. The lowest BCUT2D eigenvalue weighted by molar-refractivity contribution is -0.138. The zero-order valence-corrected chi connectivity index (χ0v) is 28.6. The fourth-order valence-corrected chi connectivity index (χ4v) is 6.34. The Hall–Kier alpha value is -3.50. The maximum absolute atomic E-state index is 14.0. The first-order chi connectivity index (χ1) is 20.3. The van der Waals surface area contributed by atoms with Crippen LogP contribution >= 0.6 is 0 Å². The van der Waals surface area contributed by atoms with E-state index in [4.69, 9.17) is 0 Å². The molecule has 242 valence electrons. The largest absolute Gasteiger partial charge is 0.342 e. The summed E-state index contributed by atoms with van der Waals surface area (Å²) >= 11 is 0. The first-order valence-corrected chi connectivity index (χ1v) is 16.6. The predicted molar refractivity (Wildman–Crippen MR) is 176 cm³/mol. The van der Waals surface area contributed by atoms with E-state index < -0.39 is 44.8 Å². The van der Waals surface area contributed by atoms with E-state index in [1.54, 1.807) is 57.4 Å². The highest BCUT2D eigenvalue weighted by molar-refractivity contribution is 7.89. The molecule has 2 aromatic carbocycles. The SMILES string of the molecule is CN[C@H](C(=O)N[C@H](C(=O)N(C)/C(=C/C(C)C(=O)NS(=O)(=O)Cc1ccccc1)C(C)C)C(C)(C)C)C(C)(C)c1ccccc1. The summed E-state index contributed by atoms with van der Waals surface area (Å²) in [6.07, 6.45) is 1.60. The number of hydrogen-bond donors (Lipinski definition) is 3. The van der Waals surface area contributed by atoms with Gasteiger partial charge in [0.15, 0.2) is 0 Å². The minimum atomic E-state index is -3.92. The average molecular weight is 627 g/mol. The molecule has 0 aliphatic rings. The number of sulfonamides is 1. The summed E-state index contributed by atoms with van der Waals surface area (Å²) in [5, 5.41) is 6.15. The fraction of sp³-hybridized carbons (Fsp3) is 0.500. The number of likely N-dealkylation sites (N-methyl/N-ethyl adjacent to an activating group) is 2. The molecule has 0 saturated heterocycles. The molecule has 3 atom stereocenters. The number of carbonyl (C=O) groups is 3. The summed E-state index contributed by atoms with van der Waals surface area (Å²) in [6, 6.07) is 16.8. The number of hydrogen-bond acceptors (Lipinski definition) is 6. The molecule has 9 nitrogen and oxygen atoms in total. The van der Waals surface area contributed by atoms with Gasteiger partial charge in [0, 0.05) is 18.2 Å². The van der Waals surface area contributed by atoms with Gasteiger partial charge in [0.25, 0.3) is 0 Å². The first-order valence-electron chi connectivity index (χ1n) is 14.9. The van der Waals surface area contributed by atoms with Crippen molar-refractivity contribution in [3.05, 3.63) is 83.6 Å². The Labute approximate surface area is 263 Å². The predicted octanol–water partition coefficient (Wildman–Crippen LogP) is 4.36. The minimum absolute atomic E-state index is 0.182. The van der Waals surface area contributed by atoms with Crippen LogP contribution in [0.15, 0.2) is 72.4 Å². The molecule has 0 aliphatic carbocycles. The van der Waals surface area contributed by atoms with Crippen molar-refractivity contribution in [3.63, 3.8) is 0 Å². The molecule has 0 aromatic heterocycles. The van der Waals surface area contributed by atoms with Crippen LogP contribution in [0.25, 0.3) is 0 Å². The van der Waals surface area contributed by atoms with Crippen LogP contribution in [0.3, 0.4) is 0 Å². The summed E-state index contributed by atoms with van der Waals surface area (Å²) in [6.45, 7) is 15.0. The smallest absolute Gasteiger partial charge is 0.249 e. The molecule has 0 fully saturated rings. The van der Waals surface area contributed by atoms with Crippen molar-refractivity contribution >= 4 is 27.7 Å². The van der Waals surface area contributed by atoms with Gasteiger partial charge >= 0.3 is 0 Å². The molecule has 1 unspecified atom stereocenters. The van der Waals surface area contributed by atoms with E-state index in [2.05, 4.69) is 15.4 Å². The van der Waals surface area contributed by atoms with E-state index in [9.17, 15) is 22.8 Å². The van der Waals surface area contributed by atoms with Gasteiger partial charge in [0.1, 0.15) is 6.04 Å². The number of nitrogens with zero attached hydrogens (tertiary/aromatic N) is 1. The molecule has 2 rings (SSSR count). The molecule has 3 N–H and O–H groups in total. The number of nitrogens with one attached hydrogen (secondary N) is 3. The highest BCUT2D eigenvalue weighted by atomic mass is 32.2. The van der Waals surface area contributed by atoms with Crippen molar-refractivity contribution in [3.8, 4) is 0 Å². The summed E-state index contributed by atoms with van der Waals surface area (Å²) in [5.41, 5.74) is 0.855. The van der Waals surface area contributed by atoms with Gasteiger partial charge in [-0.15, -0.1) is 0 Å². The van der Waals surface area contributed by atoms with Crippen molar-refractivity contribution in [2.45, 2.75) is 78.6 Å². The minimum Gasteiger partial charge on any atom is -0.342 e. The van der Waals surface area contributed by atoms with Crippen LogP contribution in [0.4, 0.5) is 0 Å². The molecule has 0 spiro atoms. The van der Waals surface area contributed by atoms with E-state index in [0.29, 0.717) is 11.3 Å². The number of carbonyl (C=O) groups excluding carboxylic acids is 3. The standard InChI is InChI=1S/C34H50N4O5S/c1-23(2)27(21-24(3)30(39)37-44(42,43)22-25-17-13-11-14-18-25)38(10)32(41)29(33(4,5)6)36-31(40)28(35-9)34(7,8)26-19-15-12-16-20-26/h11-21,23-24,28-29,35H,22H2,1-10H3,(H,36,40)(H,37,39)/b27-21+/t24?,28-,29-/m1/s1. The third kappa shape index (κ3) is 9.75.